The predicted octanol–water partition coefficient (Wildman–Crippen LogP) is 1.06. The number of nitrogens with zero attached hydrogens (tertiary/aromatic N) is 1. The standard InChI is InChI=1S/C30H38N6O6/c1-3-18(2)26(29(40)35-25(30(41)42)15-21-16-32-17-33-21)36-28(39)24(14-19-7-5-4-6-8-19)34-27(38)23(31)13-20-9-11-22(37)12-10-20/h4-12,16-18,23-26,37H,3,13-15,31H2,1-2H3,(H,32,33)(H,34,38)(H,35,40)(H,36,39)(H,41,42). The molecule has 42 heavy (non-hydrogen) atoms. The average molecular weight is 579 g/mol. The number of phenols is 1. The van der Waals surface area contributed by atoms with Crippen LogP contribution in [0.25, 0.3) is 0 Å². The molecule has 5 unspecified atom stereocenters. The number of aromatic hydroxyl groups is 1. The fraction of sp³-hybridized carbons (Fsp3) is 0.367. The van der Waals surface area contributed by atoms with E-state index in [1.54, 1.807) is 19.1 Å². The van der Waals surface area contributed by atoms with Crippen LogP contribution in [0.5, 0.6) is 5.75 Å². The Morgan fingerprint density at radius 2 is 1.50 bits per heavy atom. The van der Waals surface area contributed by atoms with E-state index in [-0.39, 0.29) is 30.9 Å². The van der Waals surface area contributed by atoms with Crippen molar-refractivity contribution in [2.75, 3.05) is 0 Å². The minimum Gasteiger partial charge on any atom is -0.508 e. The molecule has 12 nitrogen and oxygen atoms in total. The highest BCUT2D eigenvalue weighted by Gasteiger charge is 2.33. The molecule has 1 heterocycles. The van der Waals surface area contributed by atoms with Crippen molar-refractivity contribution in [2.45, 2.75) is 63.7 Å². The van der Waals surface area contributed by atoms with Crippen LogP contribution in [0.4, 0.5) is 0 Å². The summed E-state index contributed by atoms with van der Waals surface area (Å²) in [6, 6.07) is 11.0. The van der Waals surface area contributed by atoms with Crippen molar-refractivity contribution in [1.29, 1.82) is 0 Å². The largest absolute Gasteiger partial charge is 0.508 e. The van der Waals surface area contributed by atoms with Crippen LogP contribution in [0.3, 0.4) is 0 Å². The van der Waals surface area contributed by atoms with E-state index in [0.29, 0.717) is 12.1 Å². The van der Waals surface area contributed by atoms with Crippen LogP contribution < -0.4 is 21.7 Å². The Balaban J connectivity index is 1.76. The number of aliphatic carboxylic acids is 1. The van der Waals surface area contributed by atoms with Crippen LogP contribution in [0.2, 0.25) is 0 Å². The van der Waals surface area contributed by atoms with Crippen molar-refractivity contribution >= 4 is 23.7 Å². The number of H-pyrrole nitrogens is 1. The van der Waals surface area contributed by atoms with Crippen LogP contribution >= 0.6 is 0 Å². The Morgan fingerprint density at radius 1 is 0.857 bits per heavy atom. The first-order chi connectivity index (χ1) is 20.1. The maximum absolute atomic E-state index is 13.6. The molecule has 3 aromatic rings. The van der Waals surface area contributed by atoms with Crippen LogP contribution in [-0.4, -0.2) is 68.0 Å². The lowest BCUT2D eigenvalue weighted by Crippen LogP contribution is -2.59. The summed E-state index contributed by atoms with van der Waals surface area (Å²) < 4.78 is 0. The van der Waals surface area contributed by atoms with E-state index in [1.807, 2.05) is 37.3 Å². The second kappa shape index (κ2) is 15.3. The molecule has 0 aliphatic heterocycles. The molecule has 0 saturated carbocycles. The highest BCUT2D eigenvalue weighted by atomic mass is 16.4. The number of hydrogen-bond acceptors (Lipinski definition) is 7. The van der Waals surface area contributed by atoms with Gasteiger partial charge in [0.25, 0.3) is 0 Å². The smallest absolute Gasteiger partial charge is 0.326 e. The second-order valence-corrected chi connectivity index (χ2v) is 10.3. The molecule has 5 atom stereocenters. The van der Waals surface area contributed by atoms with Gasteiger partial charge in [0.1, 0.15) is 23.9 Å². The van der Waals surface area contributed by atoms with Crippen molar-refractivity contribution in [2.24, 2.45) is 11.7 Å². The number of amides is 3. The molecule has 0 spiro atoms. The lowest BCUT2D eigenvalue weighted by atomic mass is 9.96. The Hall–Kier alpha value is -4.71. The van der Waals surface area contributed by atoms with Gasteiger partial charge in [-0.25, -0.2) is 9.78 Å². The molecule has 3 rings (SSSR count). The number of carboxylic acids is 1. The molecular weight excluding hydrogens is 540 g/mol. The molecule has 3 amide bonds. The second-order valence-electron chi connectivity index (χ2n) is 10.3. The summed E-state index contributed by atoms with van der Waals surface area (Å²) in [6.45, 7) is 3.62. The number of carboxylic acid groups (broad SMARTS) is 1. The zero-order valence-electron chi connectivity index (χ0n) is 23.6. The maximum Gasteiger partial charge on any atom is 0.326 e. The van der Waals surface area contributed by atoms with Gasteiger partial charge >= 0.3 is 5.97 Å². The third-order valence-corrected chi connectivity index (χ3v) is 7.03. The Kier molecular flexibility index (Phi) is 11.6. The molecular formula is C30H38N6O6. The molecule has 0 aliphatic carbocycles. The van der Waals surface area contributed by atoms with Gasteiger partial charge < -0.3 is 36.9 Å². The molecule has 0 saturated heterocycles. The van der Waals surface area contributed by atoms with Crippen molar-refractivity contribution in [3.8, 4) is 5.75 Å². The van der Waals surface area contributed by atoms with E-state index in [9.17, 15) is 29.4 Å². The van der Waals surface area contributed by atoms with E-state index in [4.69, 9.17) is 5.73 Å². The van der Waals surface area contributed by atoms with Gasteiger partial charge in [0.15, 0.2) is 0 Å². The van der Waals surface area contributed by atoms with Crippen LogP contribution in [-0.2, 0) is 38.4 Å². The summed E-state index contributed by atoms with van der Waals surface area (Å²) in [5.41, 5.74) is 8.19. The first-order valence-corrected chi connectivity index (χ1v) is 13.8. The number of aromatic amines is 1. The first kappa shape index (κ1) is 31.8. The van der Waals surface area contributed by atoms with Gasteiger partial charge in [0, 0.05) is 24.7 Å². The summed E-state index contributed by atoms with van der Waals surface area (Å²) >= 11 is 0. The first-order valence-electron chi connectivity index (χ1n) is 13.8. The summed E-state index contributed by atoms with van der Waals surface area (Å²) in [7, 11) is 0. The molecule has 2 aromatic carbocycles. The van der Waals surface area contributed by atoms with Crippen molar-refractivity contribution in [3.05, 3.63) is 83.9 Å². The highest BCUT2D eigenvalue weighted by molar-refractivity contribution is 5.94. The average Bonchev–Trinajstić information content (AvgIpc) is 3.49. The molecule has 0 bridgehead atoms. The number of imidazole rings is 1. The van der Waals surface area contributed by atoms with Gasteiger partial charge in [0.05, 0.1) is 12.4 Å². The summed E-state index contributed by atoms with van der Waals surface area (Å²) in [4.78, 5) is 58.6. The fourth-order valence-corrected chi connectivity index (χ4v) is 4.35. The number of rotatable bonds is 15. The van der Waals surface area contributed by atoms with Gasteiger partial charge in [0.2, 0.25) is 17.7 Å². The number of aromatic nitrogens is 2. The third-order valence-electron chi connectivity index (χ3n) is 7.03. The molecule has 1 aromatic heterocycles. The van der Waals surface area contributed by atoms with E-state index in [0.717, 1.165) is 11.1 Å². The summed E-state index contributed by atoms with van der Waals surface area (Å²) in [5.74, 6) is -3.31. The zero-order valence-corrected chi connectivity index (χ0v) is 23.6. The van der Waals surface area contributed by atoms with Gasteiger partial charge in [-0.3, -0.25) is 14.4 Å². The molecule has 0 fully saturated rings. The van der Waals surface area contributed by atoms with Gasteiger partial charge in [-0.1, -0.05) is 62.7 Å². The van der Waals surface area contributed by atoms with Gasteiger partial charge in [-0.05, 0) is 35.6 Å². The summed E-state index contributed by atoms with van der Waals surface area (Å²) in [6.07, 6.45) is 3.69. The number of carbonyl (C=O) groups excluding carboxylic acids is 3. The monoisotopic (exact) mass is 578 g/mol. The lowest BCUT2D eigenvalue weighted by molar-refractivity contribution is -0.142. The number of carbonyl (C=O) groups is 4. The van der Waals surface area contributed by atoms with Crippen molar-refractivity contribution < 1.29 is 29.4 Å². The van der Waals surface area contributed by atoms with E-state index in [2.05, 4.69) is 25.9 Å². The van der Waals surface area contributed by atoms with Crippen LogP contribution in [0, 0.1) is 5.92 Å². The number of benzene rings is 2. The topological polar surface area (TPSA) is 200 Å². The Labute approximate surface area is 244 Å². The number of nitrogens with one attached hydrogen (secondary N) is 4. The highest BCUT2D eigenvalue weighted by Crippen LogP contribution is 2.13. The number of hydrogen-bond donors (Lipinski definition) is 7. The SMILES string of the molecule is CCC(C)C(NC(=O)C(Cc1ccccc1)NC(=O)C(N)Cc1ccc(O)cc1)C(=O)NC(Cc1cnc[nH]1)C(=O)O. The van der Waals surface area contributed by atoms with E-state index >= 15 is 0 Å². The van der Waals surface area contributed by atoms with Crippen LogP contribution in [0.15, 0.2) is 67.1 Å². The minimum atomic E-state index is -1.25. The van der Waals surface area contributed by atoms with Crippen molar-refractivity contribution in [3.63, 3.8) is 0 Å². The quantitative estimate of drug-likeness (QED) is 0.139. The zero-order chi connectivity index (χ0) is 30.6. The lowest BCUT2D eigenvalue weighted by Gasteiger charge is -2.28. The number of nitrogens with two attached hydrogens (primary N) is 1. The Bertz CT molecular complexity index is 1320. The molecule has 0 radical (unpaired) electrons. The van der Waals surface area contributed by atoms with Gasteiger partial charge in [-0.2, -0.15) is 0 Å². The fourth-order valence-electron chi connectivity index (χ4n) is 4.35. The van der Waals surface area contributed by atoms with E-state index in [1.165, 1.54) is 24.7 Å². The van der Waals surface area contributed by atoms with Crippen molar-refractivity contribution in [1.82, 2.24) is 25.9 Å². The summed E-state index contributed by atoms with van der Waals surface area (Å²) in [5, 5.41) is 27.2. The molecule has 12 heteroatoms. The maximum atomic E-state index is 13.6. The van der Waals surface area contributed by atoms with E-state index < -0.39 is 47.9 Å². The number of phenolic OH excluding ortho intramolecular Hbond substituents is 1. The minimum absolute atomic E-state index is 0.0200. The normalized spacial score (nSPS) is 14.5. The predicted molar refractivity (Wildman–Crippen MR) is 155 cm³/mol. The third kappa shape index (κ3) is 9.44. The molecule has 0 aliphatic rings. The Morgan fingerprint density at radius 3 is 2.10 bits per heavy atom. The van der Waals surface area contributed by atoms with Crippen LogP contribution in [0.1, 0.15) is 37.1 Å². The molecule has 8 N–H and O–H groups in total. The van der Waals surface area contributed by atoms with Gasteiger partial charge in [-0.15, -0.1) is 0 Å². The molecule has 224 valence electrons.